The van der Waals surface area contributed by atoms with Crippen LogP contribution in [0.4, 0.5) is 10.1 Å². The molecular weight excluding hydrogens is 217 g/mol. The van der Waals surface area contributed by atoms with Gasteiger partial charge in [0.1, 0.15) is 5.82 Å². The third kappa shape index (κ3) is 4.04. The summed E-state index contributed by atoms with van der Waals surface area (Å²) in [7, 11) is 0. The van der Waals surface area contributed by atoms with Crippen molar-refractivity contribution >= 4 is 5.69 Å². The molecule has 3 nitrogen and oxygen atoms in total. The Kier molecular flexibility index (Phi) is 4.92. The molecule has 0 aliphatic heterocycles. The zero-order valence-electron chi connectivity index (χ0n) is 10.3. The summed E-state index contributed by atoms with van der Waals surface area (Å²) in [5.74, 6) is -0.285. The molecule has 0 unspecified atom stereocenters. The molecule has 1 rings (SSSR count). The number of anilines is 1. The van der Waals surface area contributed by atoms with Crippen molar-refractivity contribution in [3.63, 3.8) is 0 Å². The minimum absolute atomic E-state index is 0.278. The minimum atomic E-state index is -0.285. The Hall–Kier alpha value is -1.60. The normalized spacial score (nSPS) is 10.8. The summed E-state index contributed by atoms with van der Waals surface area (Å²) in [6.07, 6.45) is 0.453. The van der Waals surface area contributed by atoms with Gasteiger partial charge in [-0.3, -0.25) is 4.90 Å². The van der Waals surface area contributed by atoms with Gasteiger partial charge in [-0.05, 0) is 26.0 Å². The lowest BCUT2D eigenvalue weighted by atomic mass is 10.1. The Morgan fingerprint density at radius 1 is 1.47 bits per heavy atom. The zero-order chi connectivity index (χ0) is 12.8. The average Bonchev–Trinajstić information content (AvgIpc) is 2.26. The fraction of sp³-hybridized carbons (Fsp3) is 0.462. The highest BCUT2D eigenvalue weighted by molar-refractivity contribution is 5.40. The zero-order valence-corrected chi connectivity index (χ0v) is 10.3. The molecule has 4 heteroatoms. The van der Waals surface area contributed by atoms with Crippen LogP contribution in [0.1, 0.15) is 25.8 Å². The number of halogens is 1. The van der Waals surface area contributed by atoms with Crippen LogP contribution in [0.15, 0.2) is 18.2 Å². The smallest absolute Gasteiger partial charge is 0.129 e. The highest BCUT2D eigenvalue weighted by Crippen LogP contribution is 2.15. The van der Waals surface area contributed by atoms with Crippen LogP contribution in [0.5, 0.6) is 0 Å². The third-order valence-corrected chi connectivity index (χ3v) is 2.69. The van der Waals surface area contributed by atoms with Gasteiger partial charge in [0, 0.05) is 36.8 Å². The maximum atomic E-state index is 13.6. The molecule has 0 fully saturated rings. The third-order valence-electron chi connectivity index (χ3n) is 2.69. The molecule has 1 aromatic carbocycles. The number of benzene rings is 1. The molecule has 0 atom stereocenters. The molecule has 0 radical (unpaired) electrons. The van der Waals surface area contributed by atoms with Crippen LogP contribution >= 0.6 is 0 Å². The fourth-order valence-electron chi connectivity index (χ4n) is 1.62. The average molecular weight is 235 g/mol. The van der Waals surface area contributed by atoms with E-state index < -0.39 is 0 Å². The van der Waals surface area contributed by atoms with Crippen molar-refractivity contribution in [1.29, 1.82) is 5.26 Å². The lowest BCUT2D eigenvalue weighted by Gasteiger charge is -2.25. The fourth-order valence-corrected chi connectivity index (χ4v) is 1.62. The molecule has 0 bridgehead atoms. The number of hydrogen-bond acceptors (Lipinski definition) is 3. The first-order chi connectivity index (χ1) is 8.04. The molecule has 0 saturated heterocycles. The summed E-state index contributed by atoms with van der Waals surface area (Å²) in [5.41, 5.74) is 6.55. The second-order valence-electron chi connectivity index (χ2n) is 4.32. The molecule has 92 valence electrons. The van der Waals surface area contributed by atoms with Crippen molar-refractivity contribution in [3.8, 4) is 6.07 Å². The van der Waals surface area contributed by atoms with Gasteiger partial charge >= 0.3 is 0 Å². The van der Waals surface area contributed by atoms with Crippen molar-refractivity contribution in [3.05, 3.63) is 29.6 Å². The van der Waals surface area contributed by atoms with Crippen LogP contribution < -0.4 is 5.73 Å². The first-order valence-corrected chi connectivity index (χ1v) is 5.69. The van der Waals surface area contributed by atoms with Gasteiger partial charge in [0.2, 0.25) is 0 Å². The van der Waals surface area contributed by atoms with Gasteiger partial charge in [-0.2, -0.15) is 5.26 Å². The minimum Gasteiger partial charge on any atom is -0.399 e. The van der Waals surface area contributed by atoms with Crippen molar-refractivity contribution < 1.29 is 4.39 Å². The largest absolute Gasteiger partial charge is 0.399 e. The van der Waals surface area contributed by atoms with Crippen LogP contribution in [0.25, 0.3) is 0 Å². The topological polar surface area (TPSA) is 53.0 Å². The molecule has 0 amide bonds. The van der Waals surface area contributed by atoms with Crippen LogP contribution in [0.3, 0.4) is 0 Å². The van der Waals surface area contributed by atoms with E-state index in [9.17, 15) is 4.39 Å². The number of hydrogen-bond donors (Lipinski definition) is 1. The molecule has 0 aliphatic rings. The molecule has 0 heterocycles. The van der Waals surface area contributed by atoms with Gasteiger partial charge < -0.3 is 5.73 Å². The maximum absolute atomic E-state index is 13.6. The number of rotatable bonds is 5. The molecule has 0 saturated carbocycles. The van der Waals surface area contributed by atoms with E-state index in [1.807, 2.05) is 13.8 Å². The Morgan fingerprint density at radius 2 is 2.18 bits per heavy atom. The second-order valence-corrected chi connectivity index (χ2v) is 4.32. The molecule has 0 aliphatic carbocycles. The number of nitriles is 1. The molecule has 17 heavy (non-hydrogen) atoms. The number of nitrogens with two attached hydrogens (primary N) is 1. The highest BCUT2D eigenvalue weighted by atomic mass is 19.1. The van der Waals surface area contributed by atoms with E-state index in [0.29, 0.717) is 30.8 Å². The van der Waals surface area contributed by atoms with Gasteiger partial charge in [0.05, 0.1) is 6.07 Å². The van der Waals surface area contributed by atoms with Gasteiger partial charge in [0.25, 0.3) is 0 Å². The van der Waals surface area contributed by atoms with E-state index in [1.165, 1.54) is 6.07 Å². The van der Waals surface area contributed by atoms with Gasteiger partial charge in [-0.15, -0.1) is 0 Å². The van der Waals surface area contributed by atoms with Crippen molar-refractivity contribution in [2.75, 3.05) is 12.3 Å². The van der Waals surface area contributed by atoms with Crippen molar-refractivity contribution in [2.45, 2.75) is 32.9 Å². The first kappa shape index (κ1) is 13.5. The monoisotopic (exact) mass is 235 g/mol. The van der Waals surface area contributed by atoms with Gasteiger partial charge in [-0.25, -0.2) is 4.39 Å². The predicted octanol–water partition coefficient (Wildman–Crippen LogP) is 2.53. The molecule has 2 N–H and O–H groups in total. The summed E-state index contributed by atoms with van der Waals surface area (Å²) in [5, 5.41) is 8.59. The van der Waals surface area contributed by atoms with Crippen LogP contribution in [-0.4, -0.2) is 17.5 Å². The Morgan fingerprint density at radius 3 is 2.71 bits per heavy atom. The van der Waals surface area contributed by atoms with Crippen molar-refractivity contribution in [2.24, 2.45) is 0 Å². The van der Waals surface area contributed by atoms with E-state index in [2.05, 4.69) is 11.0 Å². The highest BCUT2D eigenvalue weighted by Gasteiger charge is 2.12. The van der Waals surface area contributed by atoms with E-state index in [4.69, 9.17) is 11.0 Å². The number of nitrogens with zero attached hydrogens (tertiary/aromatic N) is 2. The van der Waals surface area contributed by atoms with Crippen molar-refractivity contribution in [1.82, 2.24) is 4.90 Å². The van der Waals surface area contributed by atoms with Gasteiger partial charge in [0.15, 0.2) is 0 Å². The maximum Gasteiger partial charge on any atom is 0.129 e. The standard InChI is InChI=1S/C13H18FN3/c1-10(2)17(7-3-6-15)9-11-4-5-12(16)8-13(11)14/h4-5,8,10H,3,7,9,16H2,1-2H3. The van der Waals surface area contributed by atoms with E-state index in [1.54, 1.807) is 12.1 Å². The quantitative estimate of drug-likeness (QED) is 0.798. The molecule has 0 aromatic heterocycles. The number of nitrogen functional groups attached to an aromatic ring is 1. The van der Waals surface area contributed by atoms with Crippen LogP contribution in [0.2, 0.25) is 0 Å². The summed E-state index contributed by atoms with van der Waals surface area (Å²) in [6, 6.07) is 7.11. The lowest BCUT2D eigenvalue weighted by Crippen LogP contribution is -2.31. The molecule has 0 spiro atoms. The second kappa shape index (κ2) is 6.21. The Labute approximate surface area is 102 Å². The summed E-state index contributed by atoms with van der Waals surface area (Å²) >= 11 is 0. The van der Waals surface area contributed by atoms with E-state index in [0.717, 1.165) is 0 Å². The Balaban J connectivity index is 2.75. The van der Waals surface area contributed by atoms with Crippen LogP contribution in [-0.2, 0) is 6.54 Å². The SMILES string of the molecule is CC(C)N(CCC#N)Cc1ccc(N)cc1F. The Bertz CT molecular complexity index is 410. The summed E-state index contributed by atoms with van der Waals surface area (Å²) < 4.78 is 13.6. The molecular formula is C13H18FN3. The van der Waals surface area contributed by atoms with E-state index >= 15 is 0 Å². The molecule has 1 aromatic rings. The van der Waals surface area contributed by atoms with Crippen LogP contribution in [0, 0.1) is 17.1 Å². The first-order valence-electron chi connectivity index (χ1n) is 5.69. The van der Waals surface area contributed by atoms with Gasteiger partial charge in [-0.1, -0.05) is 6.07 Å². The summed E-state index contributed by atoms with van der Waals surface area (Å²) in [4.78, 5) is 2.07. The summed E-state index contributed by atoms with van der Waals surface area (Å²) in [6.45, 7) is 5.22. The van der Waals surface area contributed by atoms with E-state index in [-0.39, 0.29) is 11.9 Å². The predicted molar refractivity (Wildman–Crippen MR) is 66.6 cm³/mol. The lowest BCUT2D eigenvalue weighted by molar-refractivity contribution is 0.215.